The molecule has 1 aromatic rings. The maximum absolute atomic E-state index is 13.5. The minimum Gasteiger partial charge on any atom is -0.515 e. The van der Waals surface area contributed by atoms with Crippen molar-refractivity contribution in [1.29, 1.82) is 0 Å². The van der Waals surface area contributed by atoms with E-state index in [0.29, 0.717) is 12.9 Å². The summed E-state index contributed by atoms with van der Waals surface area (Å²) in [5.74, 6) is -1.73. The highest BCUT2D eigenvalue weighted by atomic mass is 16.8. The minimum atomic E-state index is -1.02. The first kappa shape index (κ1) is 28.0. The van der Waals surface area contributed by atoms with Gasteiger partial charge in [-0.25, -0.2) is 9.59 Å². The third-order valence-corrected chi connectivity index (χ3v) is 5.61. The quantitative estimate of drug-likeness (QED) is 0.343. The predicted octanol–water partition coefficient (Wildman–Crippen LogP) is 4.49. The van der Waals surface area contributed by atoms with Gasteiger partial charge in [-0.2, -0.15) is 0 Å². The number of likely N-dealkylation sites (tertiary alicyclic amines) is 1. The number of carbonyl (C=O) groups excluding carboxylic acids is 2. The third-order valence-electron chi connectivity index (χ3n) is 5.61. The number of rotatable bonds is 6. The Kier molecular flexibility index (Phi) is 8.07. The van der Waals surface area contributed by atoms with E-state index in [-0.39, 0.29) is 12.2 Å². The van der Waals surface area contributed by atoms with Crippen molar-refractivity contribution in [1.82, 2.24) is 4.90 Å². The standard InChI is InChI=1S/C27H39NO8/c1-25(2,3)35-23(30)18(14-29)20-22-21(33-27(7,8)34-22)19(28(20)24(31)36-26(4,5)6)16-32-15-17-12-10-9-11-13-17/h9-14,19-22,29H,15-16H2,1-8H3/t19-,20+,21-,22+/m1/s1. The Labute approximate surface area is 213 Å². The van der Waals surface area contributed by atoms with Gasteiger partial charge in [0.25, 0.3) is 0 Å². The van der Waals surface area contributed by atoms with Gasteiger partial charge in [-0.3, -0.25) is 4.90 Å². The van der Waals surface area contributed by atoms with Gasteiger partial charge in [-0.05, 0) is 61.0 Å². The Bertz CT molecular complexity index is 960. The number of benzene rings is 1. The summed E-state index contributed by atoms with van der Waals surface area (Å²) in [6, 6.07) is 7.98. The maximum Gasteiger partial charge on any atom is 0.411 e. The highest BCUT2D eigenvalue weighted by molar-refractivity contribution is 5.91. The van der Waals surface area contributed by atoms with Gasteiger partial charge in [0.05, 0.1) is 37.1 Å². The average molecular weight is 506 g/mol. The second-order valence-electron chi connectivity index (χ2n) is 11.6. The molecule has 2 saturated heterocycles. The Hall–Kier alpha value is -2.62. The van der Waals surface area contributed by atoms with Crippen LogP contribution < -0.4 is 0 Å². The number of nitrogens with zero attached hydrogens (tertiary/aromatic N) is 1. The number of hydrogen-bond acceptors (Lipinski definition) is 8. The molecule has 1 aromatic carbocycles. The summed E-state index contributed by atoms with van der Waals surface area (Å²) in [5, 5.41) is 10.2. The molecule has 1 N–H and O–H groups in total. The number of fused-ring (bicyclic) bond motifs is 1. The molecular formula is C27H39NO8. The van der Waals surface area contributed by atoms with Gasteiger partial charge in [0, 0.05) is 0 Å². The maximum atomic E-state index is 13.5. The molecule has 0 saturated carbocycles. The van der Waals surface area contributed by atoms with Crippen molar-refractivity contribution >= 4 is 12.1 Å². The van der Waals surface area contributed by atoms with Crippen molar-refractivity contribution in [2.24, 2.45) is 0 Å². The summed E-state index contributed by atoms with van der Waals surface area (Å²) >= 11 is 0. The number of carbonyl (C=O) groups is 2. The fourth-order valence-corrected chi connectivity index (χ4v) is 4.41. The van der Waals surface area contributed by atoms with Crippen LogP contribution in [0.4, 0.5) is 4.79 Å². The molecular weight excluding hydrogens is 466 g/mol. The van der Waals surface area contributed by atoms with Crippen LogP contribution >= 0.6 is 0 Å². The van der Waals surface area contributed by atoms with E-state index in [1.165, 1.54) is 4.90 Å². The van der Waals surface area contributed by atoms with E-state index in [4.69, 9.17) is 23.7 Å². The lowest BCUT2D eigenvalue weighted by Gasteiger charge is -2.36. The van der Waals surface area contributed by atoms with Crippen LogP contribution in [0.3, 0.4) is 0 Å². The van der Waals surface area contributed by atoms with Gasteiger partial charge < -0.3 is 28.8 Å². The van der Waals surface area contributed by atoms with Crippen LogP contribution in [0.25, 0.3) is 0 Å². The summed E-state index contributed by atoms with van der Waals surface area (Å²) < 4.78 is 29.6. The SMILES string of the molecule is CC(C)(C)OC(=O)C(=CO)[C@H]1[C@@H]2OC(C)(C)O[C@@H]2[C@@H](COCc2ccccc2)N1C(=O)OC(C)(C)C. The number of aliphatic hydroxyl groups is 1. The fraction of sp³-hybridized carbons (Fsp3) is 0.630. The smallest absolute Gasteiger partial charge is 0.411 e. The molecule has 2 fully saturated rings. The molecule has 0 unspecified atom stereocenters. The molecule has 2 aliphatic rings. The number of amides is 1. The van der Waals surface area contributed by atoms with Crippen molar-refractivity contribution < 1.29 is 38.4 Å². The second kappa shape index (κ2) is 10.4. The second-order valence-corrected chi connectivity index (χ2v) is 11.6. The van der Waals surface area contributed by atoms with E-state index in [9.17, 15) is 14.7 Å². The van der Waals surface area contributed by atoms with Crippen molar-refractivity contribution in [2.45, 2.75) is 103 Å². The summed E-state index contributed by atoms with van der Waals surface area (Å²) in [6.45, 7) is 14.4. The summed E-state index contributed by atoms with van der Waals surface area (Å²) in [7, 11) is 0. The van der Waals surface area contributed by atoms with E-state index in [1.54, 1.807) is 55.4 Å². The summed E-state index contributed by atoms with van der Waals surface area (Å²) in [4.78, 5) is 28.0. The van der Waals surface area contributed by atoms with Crippen molar-refractivity contribution in [3.8, 4) is 0 Å². The van der Waals surface area contributed by atoms with E-state index >= 15 is 0 Å². The molecule has 0 aliphatic carbocycles. The Morgan fingerprint density at radius 3 is 2.14 bits per heavy atom. The number of aliphatic hydroxyl groups excluding tert-OH is 1. The van der Waals surface area contributed by atoms with Gasteiger partial charge >= 0.3 is 12.1 Å². The monoisotopic (exact) mass is 505 g/mol. The van der Waals surface area contributed by atoms with E-state index < -0.39 is 53.3 Å². The van der Waals surface area contributed by atoms with Crippen molar-refractivity contribution in [3.05, 3.63) is 47.7 Å². The van der Waals surface area contributed by atoms with Crippen LogP contribution in [0.1, 0.15) is 61.0 Å². The largest absolute Gasteiger partial charge is 0.515 e. The molecule has 0 spiro atoms. The highest BCUT2D eigenvalue weighted by Gasteiger charge is 2.62. The molecule has 3 rings (SSSR count). The molecule has 0 aromatic heterocycles. The van der Waals surface area contributed by atoms with Crippen LogP contribution in [0, 0.1) is 0 Å². The van der Waals surface area contributed by atoms with Gasteiger partial charge in [0.1, 0.15) is 23.4 Å². The normalized spacial score (nSPS) is 26.0. The van der Waals surface area contributed by atoms with Crippen LogP contribution in [-0.2, 0) is 35.1 Å². The van der Waals surface area contributed by atoms with Crippen molar-refractivity contribution in [3.63, 3.8) is 0 Å². The first-order valence-electron chi connectivity index (χ1n) is 12.2. The molecule has 0 bridgehead atoms. The molecule has 9 heteroatoms. The molecule has 200 valence electrons. The zero-order chi connectivity index (χ0) is 26.9. The minimum absolute atomic E-state index is 0.0955. The fourth-order valence-electron chi connectivity index (χ4n) is 4.41. The zero-order valence-electron chi connectivity index (χ0n) is 22.4. The molecule has 9 nitrogen and oxygen atoms in total. The zero-order valence-corrected chi connectivity index (χ0v) is 22.4. The molecule has 1 amide bonds. The van der Waals surface area contributed by atoms with Gasteiger partial charge in [-0.15, -0.1) is 0 Å². The van der Waals surface area contributed by atoms with Crippen LogP contribution in [0.5, 0.6) is 0 Å². The molecule has 2 heterocycles. The summed E-state index contributed by atoms with van der Waals surface area (Å²) in [5.41, 5.74) is -0.770. The summed E-state index contributed by atoms with van der Waals surface area (Å²) in [6.07, 6.45) is -1.40. The lowest BCUT2D eigenvalue weighted by Crippen LogP contribution is -2.51. The van der Waals surface area contributed by atoms with Crippen LogP contribution in [-0.4, -0.2) is 70.0 Å². The van der Waals surface area contributed by atoms with Gasteiger partial charge in [0.2, 0.25) is 0 Å². The van der Waals surface area contributed by atoms with E-state index in [0.717, 1.165) is 5.56 Å². The lowest BCUT2D eigenvalue weighted by molar-refractivity contribution is -0.170. The lowest BCUT2D eigenvalue weighted by atomic mass is 10.0. The first-order valence-corrected chi connectivity index (χ1v) is 12.2. The molecule has 0 radical (unpaired) electrons. The molecule has 4 atom stereocenters. The molecule has 36 heavy (non-hydrogen) atoms. The highest BCUT2D eigenvalue weighted by Crippen LogP contribution is 2.44. The van der Waals surface area contributed by atoms with E-state index in [1.807, 2.05) is 30.3 Å². The Morgan fingerprint density at radius 1 is 1.00 bits per heavy atom. The Balaban J connectivity index is 1.97. The third kappa shape index (κ3) is 6.78. The predicted molar refractivity (Wildman–Crippen MR) is 132 cm³/mol. The average Bonchev–Trinajstić information content (AvgIpc) is 3.18. The Morgan fingerprint density at radius 2 is 1.58 bits per heavy atom. The first-order chi connectivity index (χ1) is 16.6. The number of hydrogen-bond donors (Lipinski definition) is 1. The number of ether oxygens (including phenoxy) is 5. The van der Waals surface area contributed by atoms with Gasteiger partial charge in [0.15, 0.2) is 5.79 Å². The molecule has 2 aliphatic heterocycles. The van der Waals surface area contributed by atoms with Crippen LogP contribution in [0.15, 0.2) is 42.2 Å². The van der Waals surface area contributed by atoms with Crippen molar-refractivity contribution in [2.75, 3.05) is 6.61 Å². The number of esters is 1. The van der Waals surface area contributed by atoms with E-state index in [2.05, 4.69) is 0 Å². The van der Waals surface area contributed by atoms with Gasteiger partial charge in [-0.1, -0.05) is 30.3 Å². The topological polar surface area (TPSA) is 104 Å². The van der Waals surface area contributed by atoms with Crippen LogP contribution in [0.2, 0.25) is 0 Å².